The molecule has 0 saturated carbocycles. The number of carbonyl (C=O) groups excluding carboxylic acids is 1. The number of nitrogens with one attached hydrogen (secondary N) is 3. The summed E-state index contributed by atoms with van der Waals surface area (Å²) in [7, 11) is 3.32. The van der Waals surface area contributed by atoms with Gasteiger partial charge in [-0.3, -0.25) is 4.79 Å². The van der Waals surface area contributed by atoms with Gasteiger partial charge in [0.2, 0.25) is 0 Å². The van der Waals surface area contributed by atoms with Crippen molar-refractivity contribution >= 4 is 11.6 Å². The van der Waals surface area contributed by atoms with Crippen LogP contribution in [-0.4, -0.2) is 63.7 Å². The van der Waals surface area contributed by atoms with Gasteiger partial charge in [0.05, 0.1) is 38.0 Å². The van der Waals surface area contributed by atoms with Gasteiger partial charge >= 0.3 is 0 Å². The molecule has 8 heteroatoms. The Morgan fingerprint density at radius 2 is 1.84 bits per heavy atom. The second-order valence-electron chi connectivity index (χ2n) is 12.6. The Kier molecular flexibility index (Phi) is 12.2. The van der Waals surface area contributed by atoms with Gasteiger partial charge in [0.25, 0.3) is 5.91 Å². The number of amides is 1. The number of ether oxygens (including phenoxy) is 3. The summed E-state index contributed by atoms with van der Waals surface area (Å²) in [6, 6.07) is 21.4. The Morgan fingerprint density at radius 3 is 2.61 bits per heavy atom. The van der Waals surface area contributed by atoms with Crippen molar-refractivity contribution in [2.75, 3.05) is 45.8 Å². The fourth-order valence-corrected chi connectivity index (χ4v) is 5.44. The third kappa shape index (κ3) is 9.79. The SMILES string of the molecule is COCc1cc2cc(c1)C(=O)N[C@H]([C@H](O)CNC(COC)c1cccc(C(C)(C)C)c1)Cc1cccc(c1)OCCCCN2. The van der Waals surface area contributed by atoms with Gasteiger partial charge in [0.15, 0.2) is 0 Å². The minimum atomic E-state index is -0.882. The van der Waals surface area contributed by atoms with Crippen LogP contribution in [0.1, 0.15) is 72.3 Å². The van der Waals surface area contributed by atoms with Crippen LogP contribution < -0.4 is 20.7 Å². The number of methoxy groups -OCH3 is 2. The average Bonchev–Trinajstić information content (AvgIpc) is 3.00. The third-order valence-electron chi connectivity index (χ3n) is 7.93. The third-order valence-corrected chi connectivity index (χ3v) is 7.93. The smallest absolute Gasteiger partial charge is 0.251 e. The Balaban J connectivity index is 1.59. The lowest BCUT2D eigenvalue weighted by atomic mass is 9.85. The highest BCUT2D eigenvalue weighted by Crippen LogP contribution is 2.26. The van der Waals surface area contributed by atoms with Crippen molar-refractivity contribution < 1.29 is 24.1 Å². The second-order valence-corrected chi connectivity index (χ2v) is 12.6. The molecule has 0 aromatic heterocycles. The topological polar surface area (TPSA) is 101 Å². The van der Waals surface area contributed by atoms with Gasteiger partial charge in [-0.05, 0) is 77.3 Å². The fourth-order valence-electron chi connectivity index (χ4n) is 5.44. The zero-order valence-electron chi connectivity index (χ0n) is 26.8. The maximum Gasteiger partial charge on any atom is 0.251 e. The van der Waals surface area contributed by atoms with Crippen LogP contribution in [0.15, 0.2) is 66.7 Å². The summed E-state index contributed by atoms with van der Waals surface area (Å²) in [5.74, 6) is 0.537. The molecule has 0 fully saturated rings. The van der Waals surface area contributed by atoms with Gasteiger partial charge < -0.3 is 35.3 Å². The van der Waals surface area contributed by atoms with Crippen LogP contribution in [0.4, 0.5) is 5.69 Å². The van der Waals surface area contributed by atoms with E-state index >= 15 is 0 Å². The molecule has 0 aliphatic carbocycles. The number of rotatable bonds is 9. The molecule has 44 heavy (non-hydrogen) atoms. The summed E-state index contributed by atoms with van der Waals surface area (Å²) < 4.78 is 16.9. The number of anilines is 1. The van der Waals surface area contributed by atoms with E-state index in [1.807, 2.05) is 42.5 Å². The lowest BCUT2D eigenvalue weighted by molar-refractivity contribution is 0.0807. The first-order valence-electron chi connectivity index (χ1n) is 15.6. The minimum Gasteiger partial charge on any atom is -0.494 e. The summed E-state index contributed by atoms with van der Waals surface area (Å²) in [5, 5.41) is 21.7. The first-order chi connectivity index (χ1) is 21.2. The molecule has 1 amide bonds. The Labute approximate surface area is 262 Å². The van der Waals surface area contributed by atoms with E-state index in [2.05, 4.69) is 61.0 Å². The number of aliphatic hydroxyl groups excluding tert-OH is 1. The normalized spacial score (nSPS) is 17.6. The van der Waals surface area contributed by atoms with Crippen LogP contribution in [0, 0.1) is 0 Å². The summed E-state index contributed by atoms with van der Waals surface area (Å²) in [6.07, 6.45) is 1.38. The Bertz CT molecular complexity index is 1360. The van der Waals surface area contributed by atoms with Crippen LogP contribution in [-0.2, 0) is 27.9 Å². The lowest BCUT2D eigenvalue weighted by Crippen LogP contribution is -2.49. The molecular formula is C36H49N3O5. The highest BCUT2D eigenvalue weighted by atomic mass is 16.5. The molecule has 3 aromatic rings. The zero-order valence-corrected chi connectivity index (χ0v) is 26.8. The molecule has 3 aromatic carbocycles. The van der Waals surface area contributed by atoms with Gasteiger partial charge in [-0.15, -0.1) is 0 Å². The van der Waals surface area contributed by atoms with E-state index in [0.29, 0.717) is 31.8 Å². The van der Waals surface area contributed by atoms with Crippen LogP contribution in [0.25, 0.3) is 0 Å². The zero-order chi connectivity index (χ0) is 31.5. The van der Waals surface area contributed by atoms with Crippen molar-refractivity contribution in [1.29, 1.82) is 0 Å². The summed E-state index contributed by atoms with van der Waals surface area (Å²) in [6.45, 7) is 9.04. The fraction of sp³-hybridized carbons (Fsp3) is 0.472. The molecule has 4 bridgehead atoms. The number of fused-ring (bicyclic) bond motifs is 4. The van der Waals surface area contributed by atoms with Crippen LogP contribution in [0.5, 0.6) is 5.75 Å². The van der Waals surface area contributed by atoms with E-state index in [-0.39, 0.29) is 23.9 Å². The molecule has 1 aliphatic heterocycles. The van der Waals surface area contributed by atoms with E-state index in [1.165, 1.54) is 5.56 Å². The van der Waals surface area contributed by atoms with Crippen molar-refractivity contribution in [2.45, 2.75) is 70.2 Å². The van der Waals surface area contributed by atoms with Crippen LogP contribution in [0.3, 0.4) is 0 Å². The van der Waals surface area contributed by atoms with Crippen molar-refractivity contribution in [3.8, 4) is 5.75 Å². The molecule has 1 heterocycles. The van der Waals surface area contributed by atoms with Gasteiger partial charge in [-0.25, -0.2) is 0 Å². The van der Waals surface area contributed by atoms with E-state index in [0.717, 1.165) is 47.5 Å². The molecule has 0 radical (unpaired) electrons. The van der Waals surface area contributed by atoms with E-state index in [1.54, 1.807) is 14.2 Å². The summed E-state index contributed by atoms with van der Waals surface area (Å²) in [4.78, 5) is 13.7. The van der Waals surface area contributed by atoms with E-state index in [4.69, 9.17) is 14.2 Å². The molecule has 4 N–H and O–H groups in total. The molecule has 8 nitrogen and oxygen atoms in total. The average molecular weight is 604 g/mol. The molecule has 3 atom stereocenters. The second kappa shape index (κ2) is 16.0. The summed E-state index contributed by atoms with van der Waals surface area (Å²) in [5.41, 5.74) is 5.59. The molecule has 0 spiro atoms. The molecule has 1 unspecified atom stereocenters. The van der Waals surface area contributed by atoms with Gasteiger partial charge in [-0.2, -0.15) is 0 Å². The van der Waals surface area contributed by atoms with Gasteiger partial charge in [0.1, 0.15) is 5.75 Å². The first kappa shape index (κ1) is 33.5. The maximum atomic E-state index is 13.7. The van der Waals surface area contributed by atoms with Gasteiger partial charge in [0, 0.05) is 38.6 Å². The minimum absolute atomic E-state index is 0.00926. The first-order valence-corrected chi connectivity index (χ1v) is 15.6. The lowest BCUT2D eigenvalue weighted by Gasteiger charge is -2.28. The highest BCUT2D eigenvalue weighted by Gasteiger charge is 2.25. The Morgan fingerprint density at radius 1 is 1.02 bits per heavy atom. The number of hydrogen-bond donors (Lipinski definition) is 4. The molecule has 0 saturated heterocycles. The van der Waals surface area contributed by atoms with Crippen molar-refractivity contribution in [3.63, 3.8) is 0 Å². The number of benzene rings is 3. The predicted octanol–water partition coefficient (Wildman–Crippen LogP) is 5.39. The summed E-state index contributed by atoms with van der Waals surface area (Å²) >= 11 is 0. The largest absolute Gasteiger partial charge is 0.494 e. The molecule has 1 aliphatic rings. The van der Waals surface area contributed by atoms with Crippen LogP contribution in [0.2, 0.25) is 0 Å². The van der Waals surface area contributed by atoms with Gasteiger partial charge in [-0.1, -0.05) is 57.2 Å². The van der Waals surface area contributed by atoms with Crippen molar-refractivity contribution in [3.05, 3.63) is 94.5 Å². The number of carbonyl (C=O) groups is 1. The quantitative estimate of drug-likeness (QED) is 0.260. The van der Waals surface area contributed by atoms with E-state index < -0.39 is 12.1 Å². The molecule has 4 rings (SSSR count). The van der Waals surface area contributed by atoms with Crippen LogP contribution >= 0.6 is 0 Å². The van der Waals surface area contributed by atoms with E-state index in [9.17, 15) is 9.90 Å². The number of hydrogen-bond acceptors (Lipinski definition) is 7. The highest BCUT2D eigenvalue weighted by molar-refractivity contribution is 5.95. The molecule has 238 valence electrons. The predicted molar refractivity (Wildman–Crippen MR) is 176 cm³/mol. The molecular weight excluding hydrogens is 554 g/mol. The van der Waals surface area contributed by atoms with Crippen molar-refractivity contribution in [1.82, 2.24) is 10.6 Å². The maximum absolute atomic E-state index is 13.7. The monoisotopic (exact) mass is 603 g/mol. The standard InChI is InChI=1S/C36H49N3O5/c1-36(2,3)29-12-9-11-27(20-29)33(24-43-5)38-22-34(40)32-19-25-10-8-13-31(18-25)44-15-7-6-14-37-30-17-26(23-42-4)16-28(21-30)35(41)39-32/h8-13,16-18,20-21,32-34,37-38,40H,6-7,14-15,19,22-24H2,1-5H3,(H,39,41)/t32-,33?,34+/m0/s1. The van der Waals surface area contributed by atoms with Crippen molar-refractivity contribution in [2.24, 2.45) is 0 Å². The number of aliphatic hydroxyl groups is 1. The Hall–Kier alpha value is -3.43.